The summed E-state index contributed by atoms with van der Waals surface area (Å²) in [5, 5.41) is 0. The van der Waals surface area contributed by atoms with Gasteiger partial charge in [-0.2, -0.15) is 0 Å². The number of nitrogens with zero attached hydrogens (tertiary/aromatic N) is 1. The second kappa shape index (κ2) is 9.00. The predicted octanol–water partition coefficient (Wildman–Crippen LogP) is 1.62. The second-order valence-electron chi connectivity index (χ2n) is 3.98. The monoisotopic (exact) mass is 200 g/mol. The maximum atomic E-state index is 10.7. The molecular weight excluding hydrogens is 176 g/mol. The largest absolute Gasteiger partial charge is 0.345 e. The first-order valence-electron chi connectivity index (χ1n) is 5.64. The Labute approximate surface area is 87.6 Å². The number of carbonyl (C=O) groups excluding carboxylic acids is 1. The summed E-state index contributed by atoms with van der Waals surface area (Å²) in [7, 11) is 0. The van der Waals surface area contributed by atoms with Gasteiger partial charge in [0.1, 0.15) is 0 Å². The summed E-state index contributed by atoms with van der Waals surface area (Å²) < 4.78 is 0. The quantitative estimate of drug-likeness (QED) is 0.575. The molecule has 2 N–H and O–H groups in total. The maximum absolute atomic E-state index is 10.7. The number of unbranched alkanes of at least 4 members (excludes halogenated alkanes) is 1. The van der Waals surface area contributed by atoms with E-state index in [0.717, 1.165) is 51.7 Å². The van der Waals surface area contributed by atoms with Crippen molar-refractivity contribution in [3.8, 4) is 0 Å². The number of rotatable bonds is 9. The van der Waals surface area contributed by atoms with E-state index in [1.54, 1.807) is 0 Å². The van der Waals surface area contributed by atoms with Crippen LogP contribution >= 0.6 is 0 Å². The third-order valence-corrected chi connectivity index (χ3v) is 2.49. The van der Waals surface area contributed by atoms with Crippen LogP contribution in [0.25, 0.3) is 0 Å². The van der Waals surface area contributed by atoms with Crippen LogP contribution in [0.5, 0.6) is 0 Å². The van der Waals surface area contributed by atoms with Crippen molar-refractivity contribution in [2.75, 3.05) is 19.6 Å². The first kappa shape index (κ1) is 13.4. The van der Waals surface area contributed by atoms with Crippen molar-refractivity contribution in [3.63, 3.8) is 0 Å². The van der Waals surface area contributed by atoms with Gasteiger partial charge in [-0.3, -0.25) is 4.79 Å². The summed E-state index contributed by atoms with van der Waals surface area (Å²) in [5.74, 6) is 0.578. The molecule has 0 aliphatic heterocycles. The lowest BCUT2D eigenvalue weighted by Crippen LogP contribution is -2.25. The number of nitrogens with two attached hydrogens (primary N) is 1. The van der Waals surface area contributed by atoms with Crippen molar-refractivity contribution in [1.82, 2.24) is 4.90 Å². The first-order chi connectivity index (χ1) is 6.74. The van der Waals surface area contributed by atoms with Crippen LogP contribution in [0.15, 0.2) is 0 Å². The number of hydrogen-bond donors (Lipinski definition) is 1. The minimum Gasteiger partial charge on any atom is -0.345 e. The van der Waals surface area contributed by atoms with E-state index in [0.29, 0.717) is 5.92 Å². The average Bonchev–Trinajstić information content (AvgIpc) is 2.22. The van der Waals surface area contributed by atoms with Gasteiger partial charge in [-0.15, -0.1) is 0 Å². The summed E-state index contributed by atoms with van der Waals surface area (Å²) in [6, 6.07) is 0. The van der Waals surface area contributed by atoms with Crippen molar-refractivity contribution in [3.05, 3.63) is 0 Å². The van der Waals surface area contributed by atoms with Crippen molar-refractivity contribution in [1.29, 1.82) is 0 Å². The smallest absolute Gasteiger partial charge is 0.209 e. The molecule has 1 unspecified atom stereocenters. The van der Waals surface area contributed by atoms with Crippen LogP contribution in [0.2, 0.25) is 0 Å². The molecule has 1 amide bonds. The Morgan fingerprint density at radius 1 is 1.36 bits per heavy atom. The van der Waals surface area contributed by atoms with E-state index < -0.39 is 0 Å². The minimum absolute atomic E-state index is 0.578. The van der Waals surface area contributed by atoms with Crippen LogP contribution in [0.1, 0.15) is 39.5 Å². The zero-order chi connectivity index (χ0) is 10.8. The van der Waals surface area contributed by atoms with Crippen molar-refractivity contribution >= 4 is 6.41 Å². The second-order valence-corrected chi connectivity index (χ2v) is 3.98. The summed E-state index contributed by atoms with van der Waals surface area (Å²) in [5.41, 5.74) is 5.52. The lowest BCUT2D eigenvalue weighted by atomic mass is 10.1. The summed E-state index contributed by atoms with van der Waals surface area (Å²) in [6.07, 6.45) is 5.39. The van der Waals surface area contributed by atoms with Crippen LogP contribution < -0.4 is 5.73 Å². The lowest BCUT2D eigenvalue weighted by molar-refractivity contribution is -0.118. The molecule has 0 radical (unpaired) electrons. The van der Waals surface area contributed by atoms with E-state index >= 15 is 0 Å². The van der Waals surface area contributed by atoms with Gasteiger partial charge in [0.15, 0.2) is 0 Å². The molecule has 0 aliphatic carbocycles. The Kier molecular flexibility index (Phi) is 8.64. The van der Waals surface area contributed by atoms with E-state index in [1.807, 2.05) is 4.90 Å². The molecule has 0 aliphatic rings. The molecule has 0 rings (SSSR count). The van der Waals surface area contributed by atoms with E-state index in [-0.39, 0.29) is 0 Å². The molecule has 0 aromatic heterocycles. The summed E-state index contributed by atoms with van der Waals surface area (Å²) >= 11 is 0. The molecule has 3 nitrogen and oxygen atoms in total. The topological polar surface area (TPSA) is 46.3 Å². The first-order valence-corrected chi connectivity index (χ1v) is 5.64. The van der Waals surface area contributed by atoms with Crippen LogP contribution in [-0.2, 0) is 4.79 Å². The number of amides is 1. The van der Waals surface area contributed by atoms with Gasteiger partial charge in [0, 0.05) is 13.1 Å². The average molecular weight is 200 g/mol. The van der Waals surface area contributed by atoms with Gasteiger partial charge in [-0.25, -0.2) is 0 Å². The van der Waals surface area contributed by atoms with Gasteiger partial charge in [-0.1, -0.05) is 20.3 Å². The Hall–Kier alpha value is -0.570. The highest BCUT2D eigenvalue weighted by molar-refractivity contribution is 5.46. The van der Waals surface area contributed by atoms with Gasteiger partial charge in [-0.05, 0) is 31.7 Å². The van der Waals surface area contributed by atoms with E-state index in [1.165, 1.54) is 0 Å². The molecule has 0 spiro atoms. The Bertz CT molecular complexity index is 139. The van der Waals surface area contributed by atoms with Gasteiger partial charge >= 0.3 is 0 Å². The molecule has 1 atom stereocenters. The highest BCUT2D eigenvalue weighted by atomic mass is 16.1. The summed E-state index contributed by atoms with van der Waals surface area (Å²) in [6.45, 7) is 6.82. The zero-order valence-electron chi connectivity index (χ0n) is 9.54. The number of carbonyl (C=O) groups is 1. The molecule has 0 bridgehead atoms. The molecule has 0 saturated heterocycles. The molecule has 3 heteroatoms. The third-order valence-electron chi connectivity index (χ3n) is 2.49. The van der Waals surface area contributed by atoms with Crippen LogP contribution in [0.4, 0.5) is 0 Å². The highest BCUT2D eigenvalue weighted by Gasteiger charge is 2.02. The van der Waals surface area contributed by atoms with E-state index in [2.05, 4.69) is 13.8 Å². The fourth-order valence-electron chi connectivity index (χ4n) is 1.34. The van der Waals surface area contributed by atoms with Gasteiger partial charge < -0.3 is 10.6 Å². The SMILES string of the molecule is CCCCN(C=O)CCCC(C)CN. The molecule has 14 heavy (non-hydrogen) atoms. The Morgan fingerprint density at radius 3 is 2.50 bits per heavy atom. The number of hydrogen-bond acceptors (Lipinski definition) is 2. The van der Waals surface area contributed by atoms with Gasteiger partial charge in [0.05, 0.1) is 0 Å². The van der Waals surface area contributed by atoms with E-state index in [9.17, 15) is 4.79 Å². The predicted molar refractivity (Wildman–Crippen MR) is 60.0 cm³/mol. The molecule has 84 valence electrons. The van der Waals surface area contributed by atoms with Crippen molar-refractivity contribution in [2.45, 2.75) is 39.5 Å². The van der Waals surface area contributed by atoms with Crippen LogP contribution in [0, 0.1) is 5.92 Å². The van der Waals surface area contributed by atoms with Crippen molar-refractivity contribution < 1.29 is 4.79 Å². The maximum Gasteiger partial charge on any atom is 0.209 e. The van der Waals surface area contributed by atoms with Crippen molar-refractivity contribution in [2.24, 2.45) is 11.7 Å². The third kappa shape index (κ3) is 6.89. The molecular formula is C11H24N2O. The van der Waals surface area contributed by atoms with E-state index in [4.69, 9.17) is 5.73 Å². The fourth-order valence-corrected chi connectivity index (χ4v) is 1.34. The molecule has 0 fully saturated rings. The molecule has 0 saturated carbocycles. The lowest BCUT2D eigenvalue weighted by Gasteiger charge is -2.17. The highest BCUT2D eigenvalue weighted by Crippen LogP contribution is 2.04. The molecule has 0 aromatic rings. The van der Waals surface area contributed by atoms with Gasteiger partial charge in [0.2, 0.25) is 6.41 Å². The standard InChI is InChI=1S/C11H24N2O/c1-3-4-7-13(10-14)8-5-6-11(2)9-12/h10-11H,3-9,12H2,1-2H3. The zero-order valence-corrected chi connectivity index (χ0v) is 9.54. The minimum atomic E-state index is 0.578. The fraction of sp³-hybridized carbons (Fsp3) is 0.909. The van der Waals surface area contributed by atoms with Crippen LogP contribution in [-0.4, -0.2) is 30.9 Å². The normalized spacial score (nSPS) is 12.5. The molecule has 0 heterocycles. The summed E-state index contributed by atoms with van der Waals surface area (Å²) in [4.78, 5) is 12.5. The molecule has 0 aromatic carbocycles. The van der Waals surface area contributed by atoms with Gasteiger partial charge in [0.25, 0.3) is 0 Å². The Balaban J connectivity index is 3.46. The van der Waals surface area contributed by atoms with Crippen LogP contribution in [0.3, 0.4) is 0 Å². The Morgan fingerprint density at radius 2 is 2.00 bits per heavy atom.